The fourth-order valence-electron chi connectivity index (χ4n) is 1.97. The Morgan fingerprint density at radius 2 is 1.88 bits per heavy atom. The van der Waals surface area contributed by atoms with Crippen molar-refractivity contribution in [2.24, 2.45) is 5.73 Å². The van der Waals surface area contributed by atoms with Gasteiger partial charge < -0.3 is 15.9 Å². The summed E-state index contributed by atoms with van der Waals surface area (Å²) in [6.45, 7) is 0. The second-order valence-electron chi connectivity index (χ2n) is 4.71. The van der Waals surface area contributed by atoms with Crippen molar-refractivity contribution in [2.75, 3.05) is 0 Å². The zero-order valence-electron chi connectivity index (χ0n) is 12.4. The molecule has 0 spiro atoms. The number of benzene rings is 1. The van der Waals surface area contributed by atoms with Gasteiger partial charge in [-0.3, -0.25) is 4.79 Å². The molecule has 0 bridgehead atoms. The summed E-state index contributed by atoms with van der Waals surface area (Å²) in [5, 5.41) is 19.5. The summed E-state index contributed by atoms with van der Waals surface area (Å²) in [6.07, 6.45) is 4.43. The summed E-state index contributed by atoms with van der Waals surface area (Å²) in [7, 11) is 0. The molecule has 0 aliphatic heterocycles. The Balaban J connectivity index is 0.000000412. The van der Waals surface area contributed by atoms with E-state index in [-0.39, 0.29) is 28.2 Å². The van der Waals surface area contributed by atoms with Crippen molar-refractivity contribution in [3.63, 3.8) is 0 Å². The SMILES string of the molecule is NC(=O)c1ccc(C2=C/C(=C(\[O-])O)C=C2)cc1F.[Fe+2].c1cc[cH-]c1. The first-order valence-corrected chi connectivity index (χ1v) is 6.75. The van der Waals surface area contributed by atoms with Gasteiger partial charge in [0.15, 0.2) is 0 Å². The first kappa shape index (κ1) is 19.4. The fraction of sp³-hybridized carbons (Fsp3) is 0. The predicted octanol–water partition coefficient (Wildman–Crippen LogP) is 2.41. The van der Waals surface area contributed by atoms with Crippen molar-refractivity contribution in [3.8, 4) is 0 Å². The van der Waals surface area contributed by atoms with Gasteiger partial charge in [-0.15, -0.1) is 0 Å². The molecular formula is C18H14FFeNO3. The molecule has 0 saturated heterocycles. The van der Waals surface area contributed by atoms with Crippen LogP contribution in [0.25, 0.3) is 5.57 Å². The van der Waals surface area contributed by atoms with E-state index in [1.165, 1.54) is 24.3 Å². The summed E-state index contributed by atoms with van der Waals surface area (Å²) in [5.74, 6) is -2.61. The molecule has 3 rings (SSSR count). The standard InChI is InChI=1S/C13H10FNO3.C5H5.Fe/c14-11-6-8(3-4-10(11)12(15)16)7-1-2-9(5-7)13(17)18;1-2-4-5-3-1;/h1-6,17-18H,(H2,15,16);1-5H;/q;-1;+2/p-1. The predicted molar refractivity (Wildman–Crippen MR) is 83.7 cm³/mol. The van der Waals surface area contributed by atoms with Crippen LogP contribution in [-0.4, -0.2) is 11.0 Å². The maximum absolute atomic E-state index is 13.5. The van der Waals surface area contributed by atoms with Crippen LogP contribution in [0.3, 0.4) is 0 Å². The van der Waals surface area contributed by atoms with Crippen LogP contribution >= 0.6 is 0 Å². The van der Waals surface area contributed by atoms with Gasteiger partial charge in [0.1, 0.15) is 5.82 Å². The smallest absolute Gasteiger partial charge is 0.629 e. The number of hydrogen-bond acceptors (Lipinski definition) is 3. The third kappa shape index (κ3) is 4.91. The maximum atomic E-state index is 13.5. The number of primary amides is 1. The summed E-state index contributed by atoms with van der Waals surface area (Å²) in [5.41, 5.74) is 5.99. The van der Waals surface area contributed by atoms with E-state index < -0.39 is 17.7 Å². The fourth-order valence-corrected chi connectivity index (χ4v) is 1.97. The van der Waals surface area contributed by atoms with E-state index in [0.29, 0.717) is 11.1 Å². The van der Waals surface area contributed by atoms with Gasteiger partial charge >= 0.3 is 17.1 Å². The van der Waals surface area contributed by atoms with Crippen LogP contribution in [0.15, 0.2) is 78.3 Å². The van der Waals surface area contributed by atoms with Crippen LogP contribution in [-0.2, 0) is 17.1 Å². The summed E-state index contributed by atoms with van der Waals surface area (Å²) in [6, 6.07) is 14.0. The van der Waals surface area contributed by atoms with Gasteiger partial charge in [-0.1, -0.05) is 18.2 Å². The Hall–Kier alpha value is -2.69. The molecule has 1 amide bonds. The van der Waals surface area contributed by atoms with Gasteiger partial charge in [0, 0.05) is 0 Å². The van der Waals surface area contributed by atoms with Crippen LogP contribution in [0.4, 0.5) is 4.39 Å². The molecular weight excluding hydrogens is 353 g/mol. The van der Waals surface area contributed by atoms with Crippen LogP contribution in [0.5, 0.6) is 0 Å². The zero-order valence-corrected chi connectivity index (χ0v) is 13.5. The molecule has 3 N–H and O–H groups in total. The van der Waals surface area contributed by atoms with E-state index in [0.717, 1.165) is 6.07 Å². The molecule has 0 fully saturated rings. The maximum Gasteiger partial charge on any atom is 2.00 e. The van der Waals surface area contributed by atoms with Gasteiger partial charge in [-0.05, 0) is 34.9 Å². The number of nitrogens with two attached hydrogens (primary N) is 1. The van der Waals surface area contributed by atoms with Crippen molar-refractivity contribution in [3.05, 3.63) is 95.2 Å². The number of carbonyl (C=O) groups is 1. The molecule has 0 heterocycles. The number of carbonyl (C=O) groups excluding carboxylic acids is 1. The molecule has 0 atom stereocenters. The molecule has 2 aromatic carbocycles. The Kier molecular flexibility index (Phi) is 7.11. The van der Waals surface area contributed by atoms with E-state index in [2.05, 4.69) is 0 Å². The van der Waals surface area contributed by atoms with Crippen molar-refractivity contribution in [2.45, 2.75) is 0 Å². The van der Waals surface area contributed by atoms with Gasteiger partial charge in [0.25, 0.3) is 5.91 Å². The van der Waals surface area contributed by atoms with Crippen LogP contribution < -0.4 is 10.8 Å². The molecule has 0 saturated carbocycles. The van der Waals surface area contributed by atoms with Crippen molar-refractivity contribution in [1.29, 1.82) is 0 Å². The van der Waals surface area contributed by atoms with Crippen LogP contribution in [0, 0.1) is 5.82 Å². The average Bonchev–Trinajstić information content (AvgIpc) is 3.21. The minimum atomic E-state index is -1.05. The van der Waals surface area contributed by atoms with Crippen molar-refractivity contribution in [1.82, 2.24) is 0 Å². The molecule has 4 nitrogen and oxygen atoms in total. The molecule has 2 aromatic rings. The summed E-state index contributed by atoms with van der Waals surface area (Å²) in [4.78, 5) is 10.9. The first-order valence-electron chi connectivity index (χ1n) is 6.75. The minimum Gasteiger partial charge on any atom is -0.629 e. The Morgan fingerprint density at radius 3 is 2.29 bits per heavy atom. The number of aliphatic hydroxyl groups is 1. The van der Waals surface area contributed by atoms with E-state index in [4.69, 9.17) is 10.8 Å². The monoisotopic (exact) mass is 367 g/mol. The number of rotatable bonds is 2. The quantitative estimate of drug-likeness (QED) is 0.486. The number of aliphatic hydroxyl groups excluding tert-OH is 1. The number of amides is 1. The van der Waals surface area contributed by atoms with Crippen LogP contribution in [0.2, 0.25) is 0 Å². The second kappa shape index (κ2) is 8.82. The van der Waals surface area contributed by atoms with E-state index in [1.54, 1.807) is 6.08 Å². The van der Waals surface area contributed by atoms with Gasteiger partial charge in [-0.2, -0.15) is 18.2 Å². The molecule has 1 aliphatic carbocycles. The number of hydrogen-bond donors (Lipinski definition) is 2. The Labute approximate surface area is 149 Å². The largest absolute Gasteiger partial charge is 2.00 e. The minimum absolute atomic E-state index is 0. The molecule has 6 heteroatoms. The molecule has 0 unspecified atom stereocenters. The third-order valence-electron chi connectivity index (χ3n) is 3.12. The number of halogens is 1. The van der Waals surface area contributed by atoms with Crippen LogP contribution in [0.1, 0.15) is 15.9 Å². The first-order chi connectivity index (χ1) is 11.0. The van der Waals surface area contributed by atoms with Gasteiger partial charge in [0.05, 0.1) is 11.5 Å². The topological polar surface area (TPSA) is 86.4 Å². The third-order valence-corrected chi connectivity index (χ3v) is 3.12. The average molecular weight is 367 g/mol. The molecule has 124 valence electrons. The number of allylic oxidation sites excluding steroid dienone is 5. The van der Waals surface area contributed by atoms with Crippen molar-refractivity contribution >= 4 is 11.5 Å². The zero-order chi connectivity index (χ0) is 16.8. The Morgan fingerprint density at radius 1 is 1.21 bits per heavy atom. The van der Waals surface area contributed by atoms with Gasteiger partial charge in [0.2, 0.25) is 0 Å². The van der Waals surface area contributed by atoms with Gasteiger partial charge in [-0.25, -0.2) is 16.5 Å². The van der Waals surface area contributed by atoms with E-state index in [9.17, 15) is 14.3 Å². The molecule has 24 heavy (non-hydrogen) atoms. The molecule has 0 radical (unpaired) electrons. The summed E-state index contributed by atoms with van der Waals surface area (Å²) < 4.78 is 13.5. The normalized spacial score (nSPS) is 14.1. The molecule has 0 aromatic heterocycles. The van der Waals surface area contributed by atoms with E-state index >= 15 is 0 Å². The Bertz CT molecular complexity index is 771. The molecule has 1 aliphatic rings. The second-order valence-corrected chi connectivity index (χ2v) is 4.71. The summed E-state index contributed by atoms with van der Waals surface area (Å²) >= 11 is 0. The van der Waals surface area contributed by atoms with E-state index in [1.807, 2.05) is 30.3 Å². The van der Waals surface area contributed by atoms with Crippen molar-refractivity contribution < 1.29 is 36.5 Å².